The van der Waals surface area contributed by atoms with Crippen LogP contribution in [-0.4, -0.2) is 25.6 Å². The molecule has 0 aliphatic carbocycles. The zero-order valence-electron chi connectivity index (χ0n) is 12.9. The second-order valence-corrected chi connectivity index (χ2v) is 4.66. The maximum atomic E-state index is 11.0. The van der Waals surface area contributed by atoms with Crippen molar-refractivity contribution in [3.63, 3.8) is 0 Å². The first kappa shape index (κ1) is 16.4. The molecule has 23 heavy (non-hydrogen) atoms. The Balaban J connectivity index is 1.94. The van der Waals surface area contributed by atoms with Gasteiger partial charge < -0.3 is 20.5 Å². The van der Waals surface area contributed by atoms with Crippen LogP contribution in [-0.2, 0) is 9.53 Å². The molecule has 0 radical (unpaired) electrons. The summed E-state index contributed by atoms with van der Waals surface area (Å²) < 4.78 is 10.3. The third-order valence-corrected chi connectivity index (χ3v) is 2.91. The number of methoxy groups -OCH3 is 1. The number of esters is 1. The monoisotopic (exact) mass is 313 g/mol. The van der Waals surface area contributed by atoms with Crippen molar-refractivity contribution < 1.29 is 14.3 Å². The Morgan fingerprint density at radius 2 is 1.87 bits per heavy atom. The average Bonchev–Trinajstić information content (AvgIpc) is 2.56. The fourth-order valence-electron chi connectivity index (χ4n) is 1.82. The number of nitrogens with zero attached hydrogens (tertiary/aromatic N) is 1. The molecule has 2 aromatic carbocycles. The van der Waals surface area contributed by atoms with Gasteiger partial charge >= 0.3 is 5.97 Å². The first-order valence-corrected chi connectivity index (χ1v) is 7.14. The summed E-state index contributed by atoms with van der Waals surface area (Å²) in [7, 11) is 1.34. The number of benzene rings is 2. The standard InChI is InChI=1S/C17H19N3O3/c1-22-16(21)10-11-19-17(18)20-13-6-5-9-15(12-13)23-14-7-3-2-4-8-14/h2-9,12H,10-11H2,1H3,(H3,18,19,20). The van der Waals surface area contributed by atoms with E-state index in [4.69, 9.17) is 10.5 Å². The SMILES string of the molecule is COC(=O)CCN=C(N)Nc1cccc(Oc2ccccc2)c1. The predicted octanol–water partition coefficient (Wildman–Crippen LogP) is 2.77. The maximum Gasteiger partial charge on any atom is 0.307 e. The third kappa shape index (κ3) is 5.70. The van der Waals surface area contributed by atoms with Gasteiger partial charge in [0.1, 0.15) is 11.5 Å². The summed E-state index contributed by atoms with van der Waals surface area (Å²) in [5, 5.41) is 2.96. The van der Waals surface area contributed by atoms with Gasteiger partial charge in [0, 0.05) is 11.8 Å². The van der Waals surface area contributed by atoms with Crippen LogP contribution in [0.5, 0.6) is 11.5 Å². The van der Waals surface area contributed by atoms with Crippen molar-refractivity contribution in [3.05, 3.63) is 54.6 Å². The summed E-state index contributed by atoms with van der Waals surface area (Å²) in [5.74, 6) is 1.35. The molecule has 0 atom stereocenters. The van der Waals surface area contributed by atoms with E-state index in [1.165, 1.54) is 7.11 Å². The number of nitrogens with two attached hydrogens (primary N) is 1. The Morgan fingerprint density at radius 3 is 2.61 bits per heavy atom. The number of nitrogens with one attached hydrogen (secondary N) is 1. The van der Waals surface area contributed by atoms with Gasteiger partial charge in [-0.1, -0.05) is 24.3 Å². The topological polar surface area (TPSA) is 85.9 Å². The minimum atomic E-state index is -0.320. The van der Waals surface area contributed by atoms with Gasteiger partial charge in [-0.05, 0) is 24.3 Å². The second-order valence-electron chi connectivity index (χ2n) is 4.66. The van der Waals surface area contributed by atoms with Crippen LogP contribution in [0.4, 0.5) is 5.69 Å². The lowest BCUT2D eigenvalue weighted by Crippen LogP contribution is -2.23. The van der Waals surface area contributed by atoms with Crippen molar-refractivity contribution in [2.45, 2.75) is 6.42 Å². The molecule has 0 saturated carbocycles. The molecule has 120 valence electrons. The van der Waals surface area contributed by atoms with E-state index in [2.05, 4.69) is 15.0 Å². The predicted molar refractivity (Wildman–Crippen MR) is 89.7 cm³/mol. The molecule has 2 rings (SSSR count). The molecule has 0 aliphatic heterocycles. The van der Waals surface area contributed by atoms with Gasteiger partial charge in [-0.3, -0.25) is 9.79 Å². The number of ether oxygens (including phenoxy) is 2. The molecule has 3 N–H and O–H groups in total. The molecule has 0 fully saturated rings. The van der Waals surface area contributed by atoms with Gasteiger partial charge in [-0.15, -0.1) is 0 Å². The van der Waals surface area contributed by atoms with Gasteiger partial charge in [-0.2, -0.15) is 0 Å². The minimum Gasteiger partial charge on any atom is -0.469 e. The highest BCUT2D eigenvalue weighted by atomic mass is 16.5. The maximum absolute atomic E-state index is 11.0. The number of anilines is 1. The summed E-state index contributed by atoms with van der Waals surface area (Å²) in [6.45, 7) is 0.270. The summed E-state index contributed by atoms with van der Waals surface area (Å²) in [6.07, 6.45) is 0.191. The highest BCUT2D eigenvalue weighted by Gasteiger charge is 2.01. The molecular weight excluding hydrogens is 294 g/mol. The number of hydrogen-bond donors (Lipinski definition) is 2. The van der Waals surface area contributed by atoms with Crippen LogP contribution in [0.3, 0.4) is 0 Å². The summed E-state index contributed by atoms with van der Waals surface area (Å²) >= 11 is 0. The van der Waals surface area contributed by atoms with Gasteiger partial charge in [-0.25, -0.2) is 0 Å². The fraction of sp³-hybridized carbons (Fsp3) is 0.176. The van der Waals surface area contributed by atoms with Crippen molar-refractivity contribution in [1.82, 2.24) is 0 Å². The Hall–Kier alpha value is -3.02. The van der Waals surface area contributed by atoms with E-state index in [1.807, 2.05) is 54.6 Å². The quantitative estimate of drug-likeness (QED) is 0.486. The number of hydrogen-bond acceptors (Lipinski definition) is 4. The van der Waals surface area contributed by atoms with Crippen molar-refractivity contribution in [2.24, 2.45) is 10.7 Å². The molecule has 2 aromatic rings. The Morgan fingerprint density at radius 1 is 1.13 bits per heavy atom. The number of carbonyl (C=O) groups is 1. The molecule has 0 amide bonds. The van der Waals surface area contributed by atoms with Crippen molar-refractivity contribution in [1.29, 1.82) is 0 Å². The Labute approximate surface area is 134 Å². The Bertz CT molecular complexity index is 672. The molecule has 0 unspecified atom stereocenters. The van der Waals surface area contributed by atoms with Crippen LogP contribution in [0.15, 0.2) is 59.6 Å². The lowest BCUT2D eigenvalue weighted by molar-refractivity contribution is -0.140. The number of guanidine groups is 1. The van der Waals surface area contributed by atoms with Crippen LogP contribution in [0.25, 0.3) is 0 Å². The van der Waals surface area contributed by atoms with Gasteiger partial charge in [0.05, 0.1) is 20.1 Å². The van der Waals surface area contributed by atoms with Crippen molar-refractivity contribution in [3.8, 4) is 11.5 Å². The highest BCUT2D eigenvalue weighted by Crippen LogP contribution is 2.23. The molecule has 0 spiro atoms. The zero-order chi connectivity index (χ0) is 16.5. The van der Waals surface area contributed by atoms with E-state index < -0.39 is 0 Å². The van der Waals surface area contributed by atoms with Crippen LogP contribution < -0.4 is 15.8 Å². The van der Waals surface area contributed by atoms with E-state index in [9.17, 15) is 4.79 Å². The fourth-order valence-corrected chi connectivity index (χ4v) is 1.82. The van der Waals surface area contributed by atoms with Crippen molar-refractivity contribution in [2.75, 3.05) is 19.0 Å². The minimum absolute atomic E-state index is 0.191. The third-order valence-electron chi connectivity index (χ3n) is 2.91. The lowest BCUT2D eigenvalue weighted by Gasteiger charge is -2.09. The summed E-state index contributed by atoms with van der Waals surface area (Å²) in [6, 6.07) is 16.9. The van der Waals surface area contributed by atoms with E-state index in [-0.39, 0.29) is 24.9 Å². The summed E-state index contributed by atoms with van der Waals surface area (Å²) in [5.41, 5.74) is 6.53. The number of para-hydroxylation sites is 1. The van der Waals surface area contributed by atoms with Crippen molar-refractivity contribution >= 4 is 17.6 Å². The molecule has 6 nitrogen and oxygen atoms in total. The molecular formula is C17H19N3O3. The molecule has 0 bridgehead atoms. The molecule has 0 saturated heterocycles. The van der Waals surface area contributed by atoms with Crippen LogP contribution >= 0.6 is 0 Å². The zero-order valence-corrected chi connectivity index (χ0v) is 12.9. The van der Waals surface area contributed by atoms with Crippen LogP contribution in [0.1, 0.15) is 6.42 Å². The number of carbonyl (C=O) groups excluding carboxylic acids is 1. The normalized spacial score (nSPS) is 10.9. The molecule has 0 heterocycles. The van der Waals surface area contributed by atoms with E-state index in [1.54, 1.807) is 0 Å². The number of aliphatic imine (C=N–C) groups is 1. The van der Waals surface area contributed by atoms with Gasteiger partial charge in [0.15, 0.2) is 5.96 Å². The van der Waals surface area contributed by atoms with Crippen LogP contribution in [0, 0.1) is 0 Å². The van der Waals surface area contributed by atoms with Gasteiger partial charge in [0.2, 0.25) is 0 Å². The molecule has 0 aliphatic rings. The van der Waals surface area contributed by atoms with Gasteiger partial charge in [0.25, 0.3) is 0 Å². The van der Waals surface area contributed by atoms with E-state index in [0.29, 0.717) is 5.75 Å². The Kier molecular flexibility index (Phi) is 5.99. The lowest BCUT2D eigenvalue weighted by atomic mass is 10.3. The van der Waals surface area contributed by atoms with Crippen LogP contribution in [0.2, 0.25) is 0 Å². The first-order valence-electron chi connectivity index (χ1n) is 7.14. The summed E-state index contributed by atoms with van der Waals surface area (Å²) in [4.78, 5) is 15.1. The largest absolute Gasteiger partial charge is 0.469 e. The highest BCUT2D eigenvalue weighted by molar-refractivity contribution is 5.92. The molecule has 0 aromatic heterocycles. The second kappa shape index (κ2) is 8.43. The smallest absolute Gasteiger partial charge is 0.307 e. The molecule has 6 heteroatoms. The first-order chi connectivity index (χ1) is 11.2. The average molecular weight is 313 g/mol. The van der Waals surface area contributed by atoms with E-state index in [0.717, 1.165) is 11.4 Å². The number of rotatable bonds is 6. The van der Waals surface area contributed by atoms with E-state index >= 15 is 0 Å².